The van der Waals surface area contributed by atoms with Crippen molar-refractivity contribution in [3.63, 3.8) is 0 Å². The second kappa shape index (κ2) is 4.83. The van der Waals surface area contributed by atoms with Gasteiger partial charge in [-0.3, -0.25) is 4.79 Å². The second-order valence-electron chi connectivity index (χ2n) is 8.02. The van der Waals surface area contributed by atoms with Crippen LogP contribution in [0.4, 0.5) is 0 Å². The summed E-state index contributed by atoms with van der Waals surface area (Å²) < 4.78 is 0. The number of fused-ring (bicyclic) bond motifs is 5. The Morgan fingerprint density at radius 1 is 1.10 bits per heavy atom. The number of allylic oxidation sites excluding steroid dienone is 1. The van der Waals surface area contributed by atoms with Gasteiger partial charge in [0.1, 0.15) is 0 Å². The Kier molecular flexibility index (Phi) is 3.28. The topological polar surface area (TPSA) is 37.3 Å². The highest BCUT2D eigenvalue weighted by Gasteiger charge is 2.56. The molecule has 0 amide bonds. The number of carbonyl (C=O) groups excluding carboxylic acids is 1. The van der Waals surface area contributed by atoms with Gasteiger partial charge in [-0.2, -0.15) is 0 Å². The zero-order chi connectivity index (χ0) is 14.8. The van der Waals surface area contributed by atoms with Gasteiger partial charge in [-0.1, -0.05) is 18.5 Å². The van der Waals surface area contributed by atoms with Gasteiger partial charge in [0, 0.05) is 6.42 Å². The van der Waals surface area contributed by atoms with Gasteiger partial charge < -0.3 is 5.11 Å². The third-order valence-electron chi connectivity index (χ3n) is 7.36. The summed E-state index contributed by atoms with van der Waals surface area (Å²) in [7, 11) is 0. The zero-order valence-electron chi connectivity index (χ0n) is 12.8. The number of rotatable bonds is 0. The first-order chi connectivity index (χ1) is 10.0. The highest BCUT2D eigenvalue weighted by Crippen LogP contribution is 2.62. The lowest BCUT2D eigenvalue weighted by Crippen LogP contribution is -2.47. The summed E-state index contributed by atoms with van der Waals surface area (Å²) in [5, 5.41) is 11.0. The summed E-state index contributed by atoms with van der Waals surface area (Å²) in [5.41, 5.74) is 1.42. The van der Waals surface area contributed by atoms with Crippen LogP contribution >= 0.6 is 11.6 Å². The van der Waals surface area contributed by atoms with Gasteiger partial charge in [0.2, 0.25) is 0 Å². The third-order valence-corrected chi connectivity index (χ3v) is 7.82. The second-order valence-corrected chi connectivity index (χ2v) is 8.40. The van der Waals surface area contributed by atoms with Crippen molar-refractivity contribution in [1.29, 1.82) is 0 Å². The number of carbonyl (C=O) groups is 1. The van der Waals surface area contributed by atoms with Gasteiger partial charge in [0.15, 0.2) is 5.78 Å². The summed E-state index contributed by atoms with van der Waals surface area (Å²) in [5.74, 6) is 2.85. The Morgan fingerprint density at radius 3 is 2.71 bits per heavy atom. The van der Waals surface area contributed by atoms with Crippen LogP contribution in [0.1, 0.15) is 58.3 Å². The van der Waals surface area contributed by atoms with Crippen molar-refractivity contribution < 1.29 is 9.90 Å². The third kappa shape index (κ3) is 1.91. The van der Waals surface area contributed by atoms with E-state index < -0.39 is 0 Å². The van der Waals surface area contributed by atoms with Crippen LogP contribution in [0.25, 0.3) is 0 Å². The number of hydrogen-bond acceptors (Lipinski definition) is 2. The van der Waals surface area contributed by atoms with E-state index in [9.17, 15) is 9.90 Å². The average Bonchev–Trinajstić information content (AvgIpc) is 2.78. The summed E-state index contributed by atoms with van der Waals surface area (Å²) in [6.07, 6.45) is 8.27. The van der Waals surface area contributed by atoms with E-state index in [1.54, 1.807) is 0 Å². The molecule has 3 unspecified atom stereocenters. The highest BCUT2D eigenvalue weighted by atomic mass is 35.5. The van der Waals surface area contributed by atoms with E-state index >= 15 is 0 Å². The minimum absolute atomic E-state index is 0.100. The van der Waals surface area contributed by atoms with Crippen LogP contribution in [0, 0.1) is 29.1 Å². The van der Waals surface area contributed by atoms with E-state index in [-0.39, 0.29) is 17.3 Å². The number of aliphatic hydroxyl groups is 1. The van der Waals surface area contributed by atoms with E-state index in [0.717, 1.165) is 31.6 Å². The molecule has 0 radical (unpaired) electrons. The summed E-state index contributed by atoms with van der Waals surface area (Å²) in [6, 6.07) is 0. The van der Waals surface area contributed by atoms with E-state index in [4.69, 9.17) is 11.6 Å². The fourth-order valence-electron chi connectivity index (χ4n) is 6.21. The maximum atomic E-state index is 11.9. The lowest BCUT2D eigenvalue weighted by Gasteiger charge is -2.53. The molecule has 6 atom stereocenters. The molecular weight excluding hydrogens is 284 g/mol. The van der Waals surface area contributed by atoms with Crippen LogP contribution in [-0.2, 0) is 4.79 Å². The van der Waals surface area contributed by atoms with Crippen molar-refractivity contribution in [3.05, 3.63) is 10.6 Å². The molecule has 1 N–H and O–H groups in total. The normalized spacial score (nSPS) is 49.7. The lowest BCUT2D eigenvalue weighted by atomic mass is 9.52. The van der Waals surface area contributed by atoms with Gasteiger partial charge in [-0.05, 0) is 79.6 Å². The highest BCUT2D eigenvalue weighted by molar-refractivity contribution is 6.43. The SMILES string of the molecule is C[C@]12CCC3C(CCC4=C(Cl)C(=O)CC[C@@H]43)C1CC[C@@H]2O. The van der Waals surface area contributed by atoms with Gasteiger partial charge >= 0.3 is 0 Å². The molecule has 0 aromatic carbocycles. The van der Waals surface area contributed by atoms with Crippen molar-refractivity contribution in [2.24, 2.45) is 29.1 Å². The summed E-state index contributed by atoms with van der Waals surface area (Å²) >= 11 is 6.32. The number of Topliss-reactive ketones (excluding diaryl/α,β-unsaturated/α-hetero) is 1. The molecule has 0 aliphatic heterocycles. The molecule has 4 aliphatic carbocycles. The van der Waals surface area contributed by atoms with Crippen LogP contribution < -0.4 is 0 Å². The smallest absolute Gasteiger partial charge is 0.174 e. The molecule has 3 heteroatoms. The lowest BCUT2D eigenvalue weighted by molar-refractivity contribution is -0.116. The predicted molar refractivity (Wildman–Crippen MR) is 82.9 cm³/mol. The Bertz CT molecular complexity index is 511. The fraction of sp³-hybridized carbons (Fsp3) is 0.833. The molecule has 0 aromatic rings. The molecule has 2 nitrogen and oxygen atoms in total. The van der Waals surface area contributed by atoms with Crippen LogP contribution in [0.15, 0.2) is 10.6 Å². The maximum absolute atomic E-state index is 11.9. The van der Waals surface area contributed by atoms with E-state index in [2.05, 4.69) is 6.92 Å². The fourth-order valence-corrected chi connectivity index (χ4v) is 6.54. The molecule has 3 fully saturated rings. The quantitative estimate of drug-likeness (QED) is 0.733. The summed E-state index contributed by atoms with van der Waals surface area (Å²) in [4.78, 5) is 11.9. The molecule has 0 saturated heterocycles. The largest absolute Gasteiger partial charge is 0.393 e. The maximum Gasteiger partial charge on any atom is 0.174 e. The van der Waals surface area contributed by atoms with Crippen molar-refractivity contribution in [1.82, 2.24) is 0 Å². The molecule has 0 bridgehead atoms. The predicted octanol–water partition coefficient (Wildman–Crippen LogP) is 4.06. The van der Waals surface area contributed by atoms with Crippen molar-refractivity contribution in [2.75, 3.05) is 0 Å². The molecule has 0 aromatic heterocycles. The molecule has 4 aliphatic rings. The van der Waals surface area contributed by atoms with Crippen molar-refractivity contribution in [2.45, 2.75) is 64.4 Å². The Hall–Kier alpha value is -0.340. The summed E-state index contributed by atoms with van der Waals surface area (Å²) in [6.45, 7) is 2.31. The van der Waals surface area contributed by atoms with E-state index in [1.165, 1.54) is 24.8 Å². The average molecular weight is 309 g/mol. The van der Waals surface area contributed by atoms with Gasteiger partial charge in [0.05, 0.1) is 11.1 Å². The molecular formula is C18H25ClO2. The molecule has 3 saturated carbocycles. The van der Waals surface area contributed by atoms with Crippen LogP contribution in [-0.4, -0.2) is 17.0 Å². The molecule has 4 rings (SSSR count). The number of ketones is 1. The Labute approximate surface area is 131 Å². The monoisotopic (exact) mass is 308 g/mol. The molecule has 116 valence electrons. The first-order valence-corrected chi connectivity index (χ1v) is 9.00. The van der Waals surface area contributed by atoms with E-state index in [1.807, 2.05) is 0 Å². The van der Waals surface area contributed by atoms with Crippen molar-refractivity contribution in [3.8, 4) is 0 Å². The molecule has 0 heterocycles. The van der Waals surface area contributed by atoms with Gasteiger partial charge in [-0.15, -0.1) is 0 Å². The van der Waals surface area contributed by atoms with E-state index in [0.29, 0.717) is 29.2 Å². The molecule has 0 spiro atoms. The molecule has 21 heavy (non-hydrogen) atoms. The standard InChI is InChI=1S/C18H25ClO2/c1-18-9-8-11-10-4-6-15(20)17(19)13(10)3-2-12(11)14(18)5-7-16(18)21/h10-12,14,16,21H,2-9H2,1H3/t10-,11?,12?,14?,16+,18+/m1/s1. The number of halogens is 1. The number of aliphatic hydroxyl groups excluding tert-OH is 1. The van der Waals surface area contributed by atoms with Gasteiger partial charge in [-0.25, -0.2) is 0 Å². The zero-order valence-corrected chi connectivity index (χ0v) is 13.5. The first kappa shape index (κ1) is 14.3. The Balaban J connectivity index is 1.66. The minimum atomic E-state index is -0.100. The first-order valence-electron chi connectivity index (χ1n) is 8.62. The van der Waals surface area contributed by atoms with Crippen LogP contribution in [0.3, 0.4) is 0 Å². The van der Waals surface area contributed by atoms with Crippen LogP contribution in [0.2, 0.25) is 0 Å². The van der Waals surface area contributed by atoms with Crippen molar-refractivity contribution >= 4 is 17.4 Å². The minimum Gasteiger partial charge on any atom is -0.393 e. The van der Waals surface area contributed by atoms with Gasteiger partial charge in [0.25, 0.3) is 0 Å². The van der Waals surface area contributed by atoms with Crippen LogP contribution in [0.5, 0.6) is 0 Å². The Morgan fingerprint density at radius 2 is 1.90 bits per heavy atom. The number of hydrogen-bond donors (Lipinski definition) is 1.